The Morgan fingerprint density at radius 3 is 2.28 bits per heavy atom. The molecule has 5 nitrogen and oxygen atoms in total. The number of anilines is 1. The van der Waals surface area contributed by atoms with Gasteiger partial charge in [0, 0.05) is 18.2 Å². The van der Waals surface area contributed by atoms with Crippen LogP contribution in [0.2, 0.25) is 0 Å². The van der Waals surface area contributed by atoms with E-state index in [0.717, 1.165) is 24.8 Å². The van der Waals surface area contributed by atoms with Crippen molar-refractivity contribution in [1.29, 1.82) is 0 Å². The van der Waals surface area contributed by atoms with Crippen LogP contribution in [0.5, 0.6) is 0 Å². The van der Waals surface area contributed by atoms with Crippen molar-refractivity contribution in [1.82, 2.24) is 0 Å². The Balaban J connectivity index is 0.00000312. The summed E-state index contributed by atoms with van der Waals surface area (Å²) in [6.07, 6.45) is 3.55. The molecule has 2 rings (SSSR count). The highest BCUT2D eigenvalue weighted by Crippen LogP contribution is 2.27. The van der Waals surface area contributed by atoms with Gasteiger partial charge in [-0.2, -0.15) is 0 Å². The average Bonchev–Trinajstić information content (AvgIpc) is 2.85. The Hall–Kier alpha value is -1.11. The number of carbonyl (C=O) groups is 1. The van der Waals surface area contributed by atoms with E-state index in [-0.39, 0.29) is 36.0 Å². The standard InChI is InChI=1S/C18H28N2O3S.ClH/c1-18(2,3)24(22,23)12-13-7-9-15(10-8-13)20-17(21)11-14-5-4-6-16(14)19;/h7-10,14,16H,4-6,11-12,19H2,1-3H3,(H,20,21);1H/t14-,16+;/m0./s1. The van der Waals surface area contributed by atoms with Gasteiger partial charge in [-0.05, 0) is 57.2 Å². The van der Waals surface area contributed by atoms with Gasteiger partial charge in [-0.15, -0.1) is 12.4 Å². The maximum absolute atomic E-state index is 12.2. The number of nitrogens with two attached hydrogens (primary N) is 1. The van der Waals surface area contributed by atoms with Gasteiger partial charge in [0.25, 0.3) is 0 Å². The van der Waals surface area contributed by atoms with Crippen LogP contribution in [0.3, 0.4) is 0 Å². The number of hydrogen-bond donors (Lipinski definition) is 2. The number of nitrogens with one attached hydrogen (secondary N) is 1. The van der Waals surface area contributed by atoms with Crippen molar-refractivity contribution in [2.75, 3.05) is 5.32 Å². The lowest BCUT2D eigenvalue weighted by Gasteiger charge is -2.19. The molecule has 3 N–H and O–H groups in total. The smallest absolute Gasteiger partial charge is 0.224 e. The van der Waals surface area contributed by atoms with Gasteiger partial charge >= 0.3 is 0 Å². The molecule has 0 aliphatic heterocycles. The Morgan fingerprint density at radius 2 is 1.80 bits per heavy atom. The van der Waals surface area contributed by atoms with Crippen molar-refractivity contribution in [3.8, 4) is 0 Å². The Morgan fingerprint density at radius 1 is 1.20 bits per heavy atom. The van der Waals surface area contributed by atoms with Gasteiger partial charge in [0.1, 0.15) is 0 Å². The van der Waals surface area contributed by atoms with Crippen molar-refractivity contribution >= 4 is 33.8 Å². The minimum atomic E-state index is -3.21. The molecule has 1 fully saturated rings. The molecule has 2 atom stereocenters. The lowest BCUT2D eigenvalue weighted by molar-refractivity contribution is -0.117. The fourth-order valence-electron chi connectivity index (χ4n) is 2.89. The monoisotopic (exact) mass is 388 g/mol. The fourth-order valence-corrected chi connectivity index (χ4v) is 3.95. The molecular weight excluding hydrogens is 360 g/mol. The van der Waals surface area contributed by atoms with Crippen molar-refractivity contribution < 1.29 is 13.2 Å². The van der Waals surface area contributed by atoms with E-state index in [0.29, 0.717) is 12.1 Å². The molecule has 1 aromatic rings. The highest BCUT2D eigenvalue weighted by Gasteiger charge is 2.29. The van der Waals surface area contributed by atoms with E-state index in [1.807, 2.05) is 0 Å². The van der Waals surface area contributed by atoms with Crippen molar-refractivity contribution in [2.24, 2.45) is 11.7 Å². The van der Waals surface area contributed by atoms with E-state index in [2.05, 4.69) is 5.32 Å². The number of rotatable bonds is 5. The first-order valence-corrected chi connectivity index (χ1v) is 10.1. The van der Waals surface area contributed by atoms with Crippen LogP contribution in [-0.2, 0) is 20.4 Å². The zero-order valence-corrected chi connectivity index (χ0v) is 16.8. The second-order valence-corrected chi connectivity index (χ2v) is 10.4. The van der Waals surface area contributed by atoms with Crippen LogP contribution in [-0.4, -0.2) is 25.1 Å². The molecule has 0 unspecified atom stereocenters. The van der Waals surface area contributed by atoms with Crippen LogP contribution in [0.1, 0.15) is 52.0 Å². The molecule has 0 aromatic heterocycles. The number of carbonyl (C=O) groups excluding carboxylic acids is 1. The zero-order chi connectivity index (χ0) is 18.0. The second-order valence-electron chi connectivity index (χ2n) is 7.68. The van der Waals surface area contributed by atoms with Crippen molar-refractivity contribution in [3.63, 3.8) is 0 Å². The summed E-state index contributed by atoms with van der Waals surface area (Å²) < 4.78 is 23.7. The van der Waals surface area contributed by atoms with Gasteiger partial charge in [-0.25, -0.2) is 8.42 Å². The van der Waals surface area contributed by atoms with Crippen LogP contribution in [0.25, 0.3) is 0 Å². The number of amides is 1. The van der Waals surface area contributed by atoms with Crippen LogP contribution >= 0.6 is 12.4 Å². The molecule has 0 bridgehead atoms. The molecule has 142 valence electrons. The molecule has 1 aliphatic carbocycles. The number of sulfone groups is 1. The van der Waals surface area contributed by atoms with Gasteiger partial charge < -0.3 is 11.1 Å². The van der Waals surface area contributed by atoms with Gasteiger partial charge in [-0.3, -0.25) is 4.79 Å². The van der Waals surface area contributed by atoms with Gasteiger partial charge in [0.2, 0.25) is 5.91 Å². The molecule has 7 heteroatoms. The van der Waals surface area contributed by atoms with Crippen molar-refractivity contribution in [3.05, 3.63) is 29.8 Å². The Bertz CT molecular complexity index is 681. The summed E-state index contributed by atoms with van der Waals surface area (Å²) in [6.45, 7) is 5.10. The van der Waals surface area contributed by atoms with Crippen LogP contribution < -0.4 is 11.1 Å². The number of benzene rings is 1. The molecule has 1 saturated carbocycles. The van der Waals surface area contributed by atoms with Crippen LogP contribution in [0.4, 0.5) is 5.69 Å². The second kappa shape index (κ2) is 8.52. The molecule has 0 saturated heterocycles. The lowest BCUT2D eigenvalue weighted by atomic mass is 10.00. The quantitative estimate of drug-likeness (QED) is 0.809. The summed E-state index contributed by atoms with van der Waals surface area (Å²) in [4.78, 5) is 12.1. The van der Waals surface area contributed by atoms with Gasteiger partial charge in [-0.1, -0.05) is 18.6 Å². The molecule has 0 heterocycles. The first-order chi connectivity index (χ1) is 11.1. The number of halogens is 1. The summed E-state index contributed by atoms with van der Waals surface area (Å²) in [6, 6.07) is 7.13. The molecule has 1 amide bonds. The van der Waals surface area contributed by atoms with Crippen LogP contribution in [0.15, 0.2) is 24.3 Å². The first kappa shape index (κ1) is 21.9. The summed E-state index contributed by atoms with van der Waals surface area (Å²) in [5, 5.41) is 2.87. The minimum absolute atomic E-state index is 0. The first-order valence-electron chi connectivity index (χ1n) is 8.45. The molecule has 1 aromatic carbocycles. The highest BCUT2D eigenvalue weighted by molar-refractivity contribution is 7.91. The predicted molar refractivity (Wildman–Crippen MR) is 105 cm³/mol. The number of hydrogen-bond acceptors (Lipinski definition) is 4. The van der Waals surface area contributed by atoms with E-state index in [9.17, 15) is 13.2 Å². The van der Waals surface area contributed by atoms with Crippen LogP contribution in [0, 0.1) is 5.92 Å². The normalized spacial score (nSPS) is 20.8. The van der Waals surface area contributed by atoms with Gasteiger partial charge in [0.05, 0.1) is 10.5 Å². The molecule has 0 radical (unpaired) electrons. The SMILES string of the molecule is CC(C)(C)S(=O)(=O)Cc1ccc(NC(=O)C[C@@H]2CCC[C@H]2N)cc1.Cl. The predicted octanol–water partition coefficient (Wildman–Crippen LogP) is 3.28. The third-order valence-electron chi connectivity index (χ3n) is 4.69. The lowest BCUT2D eigenvalue weighted by Crippen LogP contribution is -2.29. The van der Waals surface area contributed by atoms with E-state index in [1.54, 1.807) is 45.0 Å². The zero-order valence-electron chi connectivity index (χ0n) is 15.1. The largest absolute Gasteiger partial charge is 0.327 e. The van der Waals surface area contributed by atoms with E-state index in [1.165, 1.54) is 0 Å². The van der Waals surface area contributed by atoms with Gasteiger partial charge in [0.15, 0.2) is 9.84 Å². The summed E-state index contributed by atoms with van der Waals surface area (Å²) in [5.41, 5.74) is 7.40. The maximum Gasteiger partial charge on any atom is 0.224 e. The molecule has 0 spiro atoms. The average molecular weight is 389 g/mol. The summed E-state index contributed by atoms with van der Waals surface area (Å²) >= 11 is 0. The van der Waals surface area contributed by atoms with E-state index >= 15 is 0 Å². The fraction of sp³-hybridized carbons (Fsp3) is 0.611. The summed E-state index contributed by atoms with van der Waals surface area (Å²) in [5.74, 6) is 0.232. The molecule has 1 aliphatic rings. The van der Waals surface area contributed by atoms with Crippen molar-refractivity contribution in [2.45, 2.75) is 63.0 Å². The topological polar surface area (TPSA) is 89.3 Å². The Kier molecular flexibility index (Phi) is 7.47. The highest BCUT2D eigenvalue weighted by atomic mass is 35.5. The Labute approximate surface area is 157 Å². The summed E-state index contributed by atoms with van der Waals surface area (Å²) in [7, 11) is -3.21. The van der Waals surface area contributed by atoms with E-state index < -0.39 is 14.6 Å². The third kappa shape index (κ3) is 5.97. The third-order valence-corrected chi connectivity index (χ3v) is 7.27. The molecule has 25 heavy (non-hydrogen) atoms. The maximum atomic E-state index is 12.2. The molecular formula is C18H29ClN2O3S. The minimum Gasteiger partial charge on any atom is -0.327 e. The van der Waals surface area contributed by atoms with E-state index in [4.69, 9.17) is 5.73 Å².